The van der Waals surface area contributed by atoms with Crippen molar-refractivity contribution in [3.8, 4) is 5.88 Å². The zero-order chi connectivity index (χ0) is 47.9. The van der Waals surface area contributed by atoms with Crippen molar-refractivity contribution in [2.24, 2.45) is 5.41 Å². The number of morpholine rings is 1. The van der Waals surface area contributed by atoms with Crippen molar-refractivity contribution < 1.29 is 27.6 Å². The second-order valence-electron chi connectivity index (χ2n) is 19.8. The van der Waals surface area contributed by atoms with Gasteiger partial charge in [0, 0.05) is 86.3 Å². The summed E-state index contributed by atoms with van der Waals surface area (Å²) in [5, 5.41) is 17.3. The molecular formula is C51H60ClN9O7S. The summed E-state index contributed by atoms with van der Waals surface area (Å²) < 4.78 is 41.9. The molecule has 3 aliphatic heterocycles. The normalized spacial score (nSPS) is 21.4. The van der Waals surface area contributed by atoms with Crippen molar-refractivity contribution in [1.82, 2.24) is 24.5 Å². The number of fused-ring (bicyclic) bond motifs is 2. The van der Waals surface area contributed by atoms with E-state index in [0.29, 0.717) is 35.5 Å². The smallest absolute Gasteiger partial charge is 0.293 e. The Labute approximate surface area is 408 Å². The van der Waals surface area contributed by atoms with Crippen molar-refractivity contribution >= 4 is 72.6 Å². The van der Waals surface area contributed by atoms with Gasteiger partial charge in [0.1, 0.15) is 23.6 Å². The van der Waals surface area contributed by atoms with Crippen molar-refractivity contribution in [3.63, 3.8) is 0 Å². The zero-order valence-electron chi connectivity index (χ0n) is 39.2. The van der Waals surface area contributed by atoms with E-state index in [0.717, 1.165) is 126 Å². The average molecular weight is 979 g/mol. The van der Waals surface area contributed by atoms with Crippen LogP contribution < -0.4 is 24.6 Å². The number of sulfonamides is 1. The van der Waals surface area contributed by atoms with Gasteiger partial charge in [-0.3, -0.25) is 24.7 Å². The predicted molar refractivity (Wildman–Crippen MR) is 270 cm³/mol. The molecule has 1 saturated carbocycles. The summed E-state index contributed by atoms with van der Waals surface area (Å²) in [5.74, 6) is -0.480. The lowest BCUT2D eigenvalue weighted by atomic mass is 9.72. The lowest BCUT2D eigenvalue weighted by Crippen LogP contribution is -2.47. The number of piperazine rings is 1. The van der Waals surface area contributed by atoms with Crippen LogP contribution in [0.25, 0.3) is 16.6 Å². The number of hydrogen-bond acceptors (Lipinski definition) is 13. The number of H-pyrrole nitrogens is 1. The van der Waals surface area contributed by atoms with Crippen LogP contribution in [0.2, 0.25) is 5.02 Å². The minimum Gasteiger partial charge on any atom is -0.474 e. The third-order valence-electron chi connectivity index (χ3n) is 14.7. The molecule has 2 aliphatic carbocycles. The highest BCUT2D eigenvalue weighted by atomic mass is 35.5. The van der Waals surface area contributed by atoms with Gasteiger partial charge in [0.25, 0.3) is 21.6 Å². The molecule has 5 aromatic rings. The summed E-state index contributed by atoms with van der Waals surface area (Å²) >= 11 is 6.28. The number of anilines is 4. The van der Waals surface area contributed by atoms with Gasteiger partial charge in [-0.25, -0.2) is 13.1 Å². The van der Waals surface area contributed by atoms with Crippen molar-refractivity contribution in [2.45, 2.75) is 75.8 Å². The summed E-state index contributed by atoms with van der Waals surface area (Å²) in [5.41, 5.74) is 7.02. The summed E-state index contributed by atoms with van der Waals surface area (Å²) in [7, 11) is -4.57. The van der Waals surface area contributed by atoms with Gasteiger partial charge in [-0.2, -0.15) is 4.98 Å². The number of allylic oxidation sites excluding steroid dienone is 1. The van der Waals surface area contributed by atoms with Crippen molar-refractivity contribution in [3.05, 3.63) is 111 Å². The molecule has 2 aromatic heterocycles. The number of pyridine rings is 1. The maximum absolute atomic E-state index is 14.4. The maximum atomic E-state index is 14.4. The largest absolute Gasteiger partial charge is 0.474 e. The number of nitrogens with one attached hydrogen (secondary N) is 3. The minimum absolute atomic E-state index is 0.00303. The zero-order valence-corrected chi connectivity index (χ0v) is 40.8. The molecule has 3 aromatic carbocycles. The number of ether oxygens (including phenoxy) is 2. The van der Waals surface area contributed by atoms with Crippen LogP contribution in [0.5, 0.6) is 5.88 Å². The number of nitro benzene ring substituents is 1. The molecule has 10 rings (SSSR count). The number of amides is 1. The Morgan fingerprint density at radius 1 is 0.913 bits per heavy atom. The number of rotatable bonds is 12. The highest BCUT2D eigenvalue weighted by molar-refractivity contribution is 7.90. The first-order valence-electron chi connectivity index (χ1n) is 24.2. The fraction of sp³-hybridized carbons (Fsp3) is 0.451. The van der Waals surface area contributed by atoms with E-state index in [2.05, 4.69) is 55.7 Å². The molecule has 18 heteroatoms. The van der Waals surface area contributed by atoms with Gasteiger partial charge in [-0.15, -0.1) is 0 Å². The maximum Gasteiger partial charge on any atom is 0.293 e. The van der Waals surface area contributed by atoms with Gasteiger partial charge in [0.05, 0.1) is 40.8 Å². The number of nitro groups is 1. The van der Waals surface area contributed by atoms with Crippen LogP contribution in [0.1, 0.15) is 74.7 Å². The van der Waals surface area contributed by atoms with Crippen LogP contribution in [-0.4, -0.2) is 123 Å². The molecule has 0 atom stereocenters. The number of nitrogens with zero attached hydrogens (tertiary/aromatic N) is 6. The number of halogens is 1. The van der Waals surface area contributed by atoms with E-state index in [-0.39, 0.29) is 39.9 Å². The molecule has 16 nitrogen and oxygen atoms in total. The lowest BCUT2D eigenvalue weighted by Gasteiger charge is -2.39. The highest BCUT2D eigenvalue weighted by Crippen LogP contribution is 2.44. The molecular weight excluding hydrogens is 918 g/mol. The van der Waals surface area contributed by atoms with E-state index >= 15 is 0 Å². The van der Waals surface area contributed by atoms with Crippen LogP contribution in [0.4, 0.5) is 28.4 Å². The van der Waals surface area contributed by atoms with E-state index in [1.165, 1.54) is 28.8 Å². The second-order valence-corrected chi connectivity index (χ2v) is 21.9. The Balaban J connectivity index is 0.883. The Bertz CT molecular complexity index is 2870. The highest BCUT2D eigenvalue weighted by Gasteiger charge is 2.33. The van der Waals surface area contributed by atoms with E-state index in [9.17, 15) is 23.3 Å². The van der Waals surface area contributed by atoms with Crippen LogP contribution in [0.15, 0.2) is 89.5 Å². The third-order valence-corrected chi connectivity index (χ3v) is 16.3. The van der Waals surface area contributed by atoms with Gasteiger partial charge in [0.2, 0.25) is 5.88 Å². The van der Waals surface area contributed by atoms with Gasteiger partial charge >= 0.3 is 0 Å². The molecule has 0 radical (unpaired) electrons. The van der Waals surface area contributed by atoms with Gasteiger partial charge in [-0.05, 0) is 116 Å². The fourth-order valence-electron chi connectivity index (χ4n) is 10.8. The van der Waals surface area contributed by atoms with Gasteiger partial charge in [-0.1, -0.05) is 43.2 Å². The number of hydrogen-bond donors (Lipinski definition) is 3. The summed E-state index contributed by atoms with van der Waals surface area (Å²) in [6, 6.07) is 21.8. The lowest BCUT2D eigenvalue weighted by molar-refractivity contribution is -0.384. The predicted octanol–water partition coefficient (Wildman–Crippen LogP) is 8.61. The molecule has 0 bridgehead atoms. The average Bonchev–Trinajstić information content (AvgIpc) is 3.82. The van der Waals surface area contributed by atoms with E-state index < -0.39 is 20.9 Å². The second kappa shape index (κ2) is 19.6. The molecule has 3 fully saturated rings. The number of benzene rings is 3. The quantitative estimate of drug-likeness (QED) is 0.0801. The molecule has 69 heavy (non-hydrogen) atoms. The molecule has 3 N–H and O–H groups in total. The summed E-state index contributed by atoms with van der Waals surface area (Å²) in [4.78, 5) is 42.9. The third kappa shape index (κ3) is 10.3. The molecule has 364 valence electrons. The van der Waals surface area contributed by atoms with Gasteiger partial charge in [0.15, 0.2) is 0 Å². The summed E-state index contributed by atoms with van der Waals surface area (Å²) in [6.07, 6.45) is 8.58. The minimum atomic E-state index is -4.57. The standard InChI is InChI=1S/C51H60ClN9O7S/c1-51(2)17-15-36(43(32-51)34-3-5-37(52)6-4-34)33-57-19-21-58(22-20-57)40-11-13-42(45(30-40)60-25-28-68-50-47(60)29-35-16-18-53-48(35)55-50)49(62)56-69(65,66)41-12-14-44(46(31-41)61(63)64)54-38-7-9-39(10-8-38)59-23-26-67-27-24-59/h3-6,11-14,16,18,29-31,38-39,54H,7-10,15,17,19-28,32-33H2,1-2H3,(H,53,55)(H,56,62)/t38-,39+. The van der Waals surface area contributed by atoms with Crippen LogP contribution in [0.3, 0.4) is 0 Å². The Morgan fingerprint density at radius 2 is 1.68 bits per heavy atom. The first kappa shape index (κ1) is 47.0. The molecule has 2 saturated heterocycles. The Hall–Kier alpha value is -5.72. The monoisotopic (exact) mass is 977 g/mol. The first-order chi connectivity index (χ1) is 33.3. The molecule has 5 aliphatic rings. The summed E-state index contributed by atoms with van der Waals surface area (Å²) in [6.45, 7) is 12.7. The van der Waals surface area contributed by atoms with Crippen molar-refractivity contribution in [2.75, 3.05) is 87.3 Å². The first-order valence-corrected chi connectivity index (χ1v) is 26.0. The number of carbonyl (C=O) groups excluding carboxylic acids is 1. The molecule has 0 spiro atoms. The van der Waals surface area contributed by atoms with Crippen LogP contribution in [0, 0.1) is 15.5 Å². The molecule has 5 heterocycles. The SMILES string of the molecule is CC1(C)CCC(CN2CCN(c3ccc(C(=O)NS(=O)(=O)c4ccc(N[C@H]5CC[C@@H](N6CCOCC6)CC5)c([N+](=O)[O-])c4)c(N4CCOc5nc6[nH]ccc6cc54)c3)CC2)=C(c2ccc(Cl)cc2)C1. The number of carbonyl (C=O) groups is 1. The van der Waals surface area contributed by atoms with E-state index in [1.54, 1.807) is 12.3 Å². The van der Waals surface area contributed by atoms with Crippen LogP contribution >= 0.6 is 11.6 Å². The number of aromatic nitrogens is 2. The van der Waals surface area contributed by atoms with Crippen LogP contribution in [-0.2, 0) is 14.8 Å². The molecule has 1 amide bonds. The number of aromatic amines is 1. The Kier molecular flexibility index (Phi) is 13.3. The van der Waals surface area contributed by atoms with E-state index in [1.807, 2.05) is 41.3 Å². The molecule has 0 unspecified atom stereocenters. The van der Waals surface area contributed by atoms with E-state index in [4.69, 9.17) is 26.1 Å². The topological polar surface area (TPSA) is 179 Å². The van der Waals surface area contributed by atoms with Crippen molar-refractivity contribution in [1.29, 1.82) is 0 Å². The fourth-order valence-corrected chi connectivity index (χ4v) is 11.9. The van der Waals surface area contributed by atoms with Gasteiger partial charge < -0.3 is 29.6 Å². The Morgan fingerprint density at radius 3 is 2.43 bits per heavy atom.